The molecule has 0 aliphatic carbocycles. The van der Waals surface area contributed by atoms with Crippen molar-refractivity contribution < 1.29 is 18.7 Å². The predicted octanol–water partition coefficient (Wildman–Crippen LogP) is 0.623. The van der Waals surface area contributed by atoms with Crippen LogP contribution in [0.4, 0.5) is 0 Å². The Kier molecular flexibility index (Phi) is 6.62. The highest BCUT2D eigenvalue weighted by molar-refractivity contribution is 7.99. The van der Waals surface area contributed by atoms with E-state index in [1.54, 1.807) is 7.11 Å². The third-order valence-corrected chi connectivity index (χ3v) is 3.83. The van der Waals surface area contributed by atoms with Gasteiger partial charge in [0.1, 0.15) is 5.75 Å². The maximum atomic E-state index is 11.6. The number of carbonyl (C=O) groups is 2. The normalized spacial score (nSPS) is 10.2. The first-order chi connectivity index (χ1) is 11.6. The molecule has 0 fully saturated rings. The molecule has 0 aliphatic heterocycles. The third kappa shape index (κ3) is 5.58. The first-order valence-electron chi connectivity index (χ1n) is 7.16. The molecule has 2 rings (SSSR count). The van der Waals surface area contributed by atoms with Crippen LogP contribution in [0, 0.1) is 0 Å². The molecule has 9 heteroatoms. The summed E-state index contributed by atoms with van der Waals surface area (Å²) in [5.41, 5.74) is 1.01. The topological polar surface area (TPSA) is 106 Å². The summed E-state index contributed by atoms with van der Waals surface area (Å²) in [6.45, 7) is -0.0531. The summed E-state index contributed by atoms with van der Waals surface area (Å²) in [5, 5.41) is 13.1. The first-order valence-corrected chi connectivity index (χ1v) is 8.14. The lowest BCUT2D eigenvalue weighted by Crippen LogP contribution is -2.35. The van der Waals surface area contributed by atoms with Gasteiger partial charge in [-0.1, -0.05) is 23.9 Å². The van der Waals surface area contributed by atoms with Gasteiger partial charge in [0, 0.05) is 7.05 Å². The van der Waals surface area contributed by atoms with Gasteiger partial charge in [0.25, 0.3) is 5.22 Å². The van der Waals surface area contributed by atoms with E-state index in [0.717, 1.165) is 23.1 Å². The molecule has 0 aliphatic rings. The molecule has 0 spiro atoms. The van der Waals surface area contributed by atoms with E-state index in [9.17, 15) is 9.59 Å². The molecule has 1 aromatic carbocycles. The molecule has 128 valence electrons. The fraction of sp³-hybridized carbons (Fsp3) is 0.333. The molecular formula is C15H18N4O4S. The quantitative estimate of drug-likeness (QED) is 0.672. The van der Waals surface area contributed by atoms with Crippen molar-refractivity contribution in [3.63, 3.8) is 0 Å². The summed E-state index contributed by atoms with van der Waals surface area (Å²) in [4.78, 5) is 22.6. The number of likely N-dealkylation sites (N-methyl/N-ethyl adjacent to an activating group) is 1. The second kappa shape index (κ2) is 8.92. The van der Waals surface area contributed by atoms with E-state index in [-0.39, 0.29) is 24.1 Å². The fourth-order valence-corrected chi connectivity index (χ4v) is 2.34. The number of amides is 2. The smallest absolute Gasteiger partial charge is 0.277 e. The highest BCUT2D eigenvalue weighted by atomic mass is 32.2. The zero-order valence-electron chi connectivity index (χ0n) is 13.4. The summed E-state index contributed by atoms with van der Waals surface area (Å²) in [7, 11) is 3.12. The Morgan fingerprint density at radius 2 is 1.96 bits per heavy atom. The Bertz CT molecular complexity index is 687. The molecule has 2 N–H and O–H groups in total. The Labute approximate surface area is 143 Å². The number of thioether (sulfide) groups is 1. The van der Waals surface area contributed by atoms with Crippen LogP contribution in [-0.2, 0) is 16.0 Å². The fourth-order valence-electron chi connectivity index (χ4n) is 1.73. The van der Waals surface area contributed by atoms with Gasteiger partial charge in [0.15, 0.2) is 0 Å². The monoisotopic (exact) mass is 350 g/mol. The predicted molar refractivity (Wildman–Crippen MR) is 87.9 cm³/mol. The van der Waals surface area contributed by atoms with Crippen molar-refractivity contribution >= 4 is 23.6 Å². The molecule has 1 heterocycles. The van der Waals surface area contributed by atoms with Crippen LogP contribution >= 0.6 is 11.8 Å². The van der Waals surface area contributed by atoms with Crippen LogP contribution in [0.15, 0.2) is 33.9 Å². The SMILES string of the molecule is CNC(=O)CNC(=O)CSc1nnc(Cc2ccc(OC)cc2)o1. The minimum Gasteiger partial charge on any atom is -0.497 e. The zero-order valence-corrected chi connectivity index (χ0v) is 14.2. The van der Waals surface area contributed by atoms with Crippen LogP contribution < -0.4 is 15.4 Å². The molecule has 0 saturated carbocycles. The van der Waals surface area contributed by atoms with Gasteiger partial charge in [-0.05, 0) is 17.7 Å². The maximum Gasteiger partial charge on any atom is 0.277 e. The van der Waals surface area contributed by atoms with Crippen molar-refractivity contribution in [2.24, 2.45) is 0 Å². The lowest BCUT2D eigenvalue weighted by atomic mass is 10.1. The molecule has 0 atom stereocenters. The zero-order chi connectivity index (χ0) is 17.4. The Morgan fingerprint density at radius 3 is 2.62 bits per heavy atom. The Morgan fingerprint density at radius 1 is 1.21 bits per heavy atom. The summed E-state index contributed by atoms with van der Waals surface area (Å²) >= 11 is 1.12. The number of ether oxygens (including phenoxy) is 1. The lowest BCUT2D eigenvalue weighted by molar-refractivity contribution is -0.124. The lowest BCUT2D eigenvalue weighted by Gasteiger charge is -2.02. The highest BCUT2D eigenvalue weighted by Crippen LogP contribution is 2.18. The van der Waals surface area contributed by atoms with Gasteiger partial charge in [-0.2, -0.15) is 0 Å². The van der Waals surface area contributed by atoms with Crippen molar-refractivity contribution in [3.8, 4) is 5.75 Å². The van der Waals surface area contributed by atoms with Crippen LogP contribution in [0.1, 0.15) is 11.5 Å². The molecule has 1 aromatic heterocycles. The van der Waals surface area contributed by atoms with Gasteiger partial charge in [0.05, 0.1) is 25.8 Å². The second-order valence-corrected chi connectivity index (χ2v) is 5.65. The van der Waals surface area contributed by atoms with Crippen LogP contribution in [0.3, 0.4) is 0 Å². The number of hydrogen-bond acceptors (Lipinski definition) is 7. The highest BCUT2D eigenvalue weighted by Gasteiger charge is 2.11. The van der Waals surface area contributed by atoms with E-state index < -0.39 is 0 Å². The summed E-state index contributed by atoms with van der Waals surface area (Å²) < 4.78 is 10.6. The molecule has 2 aromatic rings. The second-order valence-electron chi connectivity index (χ2n) is 4.73. The Hall–Kier alpha value is -2.55. The summed E-state index contributed by atoms with van der Waals surface area (Å²) in [6, 6.07) is 7.56. The minimum atomic E-state index is -0.279. The largest absolute Gasteiger partial charge is 0.497 e. The number of benzene rings is 1. The average molecular weight is 350 g/mol. The molecule has 24 heavy (non-hydrogen) atoms. The number of carbonyl (C=O) groups excluding carboxylic acids is 2. The number of methoxy groups -OCH3 is 1. The molecular weight excluding hydrogens is 332 g/mol. The van der Waals surface area contributed by atoms with E-state index in [4.69, 9.17) is 9.15 Å². The van der Waals surface area contributed by atoms with E-state index in [1.165, 1.54) is 7.05 Å². The number of aromatic nitrogens is 2. The van der Waals surface area contributed by atoms with E-state index in [2.05, 4.69) is 20.8 Å². The number of nitrogens with one attached hydrogen (secondary N) is 2. The van der Waals surface area contributed by atoms with Crippen LogP contribution in [-0.4, -0.2) is 48.5 Å². The van der Waals surface area contributed by atoms with Crippen molar-refractivity contribution in [2.75, 3.05) is 26.5 Å². The molecule has 0 unspecified atom stereocenters. The Balaban J connectivity index is 1.80. The van der Waals surface area contributed by atoms with Gasteiger partial charge in [-0.25, -0.2) is 0 Å². The molecule has 8 nitrogen and oxygen atoms in total. The molecule has 2 amide bonds. The van der Waals surface area contributed by atoms with E-state index in [0.29, 0.717) is 17.5 Å². The first kappa shape index (κ1) is 17.8. The standard InChI is InChI=1S/C15H18N4O4S/c1-16-12(20)8-17-13(21)9-24-15-19-18-14(23-15)7-10-3-5-11(22-2)6-4-10/h3-6H,7-9H2,1-2H3,(H,16,20)(H,17,21). The molecule has 0 saturated heterocycles. The molecule has 0 radical (unpaired) electrons. The summed E-state index contributed by atoms with van der Waals surface area (Å²) in [5.74, 6) is 0.810. The average Bonchev–Trinajstić information content (AvgIpc) is 3.05. The van der Waals surface area contributed by atoms with Crippen LogP contribution in [0.25, 0.3) is 0 Å². The van der Waals surface area contributed by atoms with E-state index >= 15 is 0 Å². The number of hydrogen-bond donors (Lipinski definition) is 2. The minimum absolute atomic E-state index is 0.0531. The van der Waals surface area contributed by atoms with Gasteiger partial charge in [-0.15, -0.1) is 10.2 Å². The van der Waals surface area contributed by atoms with E-state index in [1.807, 2.05) is 24.3 Å². The molecule has 0 bridgehead atoms. The van der Waals surface area contributed by atoms with Gasteiger partial charge in [-0.3, -0.25) is 9.59 Å². The van der Waals surface area contributed by atoms with Gasteiger partial charge in [0.2, 0.25) is 17.7 Å². The van der Waals surface area contributed by atoms with Crippen LogP contribution in [0.2, 0.25) is 0 Å². The van der Waals surface area contributed by atoms with Crippen molar-refractivity contribution in [3.05, 3.63) is 35.7 Å². The van der Waals surface area contributed by atoms with Crippen molar-refractivity contribution in [1.29, 1.82) is 0 Å². The van der Waals surface area contributed by atoms with Crippen LogP contribution in [0.5, 0.6) is 5.75 Å². The maximum absolute atomic E-state index is 11.6. The third-order valence-electron chi connectivity index (χ3n) is 3.01. The van der Waals surface area contributed by atoms with Gasteiger partial charge < -0.3 is 19.8 Å². The number of nitrogens with zero attached hydrogens (tertiary/aromatic N) is 2. The van der Waals surface area contributed by atoms with Crippen molar-refractivity contribution in [2.45, 2.75) is 11.6 Å². The van der Waals surface area contributed by atoms with Gasteiger partial charge >= 0.3 is 0 Å². The van der Waals surface area contributed by atoms with Crippen molar-refractivity contribution in [1.82, 2.24) is 20.8 Å². The summed E-state index contributed by atoms with van der Waals surface area (Å²) in [6.07, 6.45) is 0.500. The number of rotatable bonds is 8.